The van der Waals surface area contributed by atoms with E-state index in [1.54, 1.807) is 18.2 Å². The van der Waals surface area contributed by atoms with Gasteiger partial charge in [0.15, 0.2) is 5.78 Å². The van der Waals surface area contributed by atoms with Crippen LogP contribution in [-0.2, 0) is 0 Å². The molecule has 1 aromatic carbocycles. The standard InChI is InChI=1S/C11H11NO3/c1-14-8-3-4-9(10(13)5-6-12)11(7-8)15-2/h3-4,7H,5H2,1-2H3. The topological polar surface area (TPSA) is 59.3 Å². The predicted octanol–water partition coefficient (Wildman–Crippen LogP) is 1.80. The summed E-state index contributed by atoms with van der Waals surface area (Å²) in [4.78, 5) is 11.5. The number of hydrogen-bond donors (Lipinski definition) is 0. The van der Waals surface area contributed by atoms with E-state index >= 15 is 0 Å². The SMILES string of the molecule is COc1ccc(C(=O)CC#N)c(OC)c1. The van der Waals surface area contributed by atoms with E-state index in [9.17, 15) is 4.79 Å². The van der Waals surface area contributed by atoms with E-state index in [2.05, 4.69) is 0 Å². The van der Waals surface area contributed by atoms with Crippen molar-refractivity contribution in [3.05, 3.63) is 23.8 Å². The molecule has 0 amide bonds. The maximum atomic E-state index is 11.5. The number of carbonyl (C=O) groups is 1. The van der Waals surface area contributed by atoms with Gasteiger partial charge < -0.3 is 9.47 Å². The van der Waals surface area contributed by atoms with Crippen molar-refractivity contribution in [1.29, 1.82) is 5.26 Å². The minimum atomic E-state index is -0.253. The summed E-state index contributed by atoms with van der Waals surface area (Å²) in [6.07, 6.45) is -0.150. The van der Waals surface area contributed by atoms with Gasteiger partial charge in [-0.2, -0.15) is 5.26 Å². The molecular formula is C11H11NO3. The first kappa shape index (κ1) is 11.1. The maximum Gasteiger partial charge on any atom is 0.180 e. The molecule has 0 aliphatic heterocycles. The second-order valence-electron chi connectivity index (χ2n) is 2.82. The number of rotatable bonds is 4. The Hall–Kier alpha value is -2.02. The van der Waals surface area contributed by atoms with Crippen molar-refractivity contribution in [2.45, 2.75) is 6.42 Å². The Balaban J connectivity index is 3.08. The normalized spacial score (nSPS) is 9.13. The van der Waals surface area contributed by atoms with Crippen molar-refractivity contribution in [2.24, 2.45) is 0 Å². The van der Waals surface area contributed by atoms with Crippen LogP contribution in [0.3, 0.4) is 0 Å². The molecule has 0 radical (unpaired) electrons. The second kappa shape index (κ2) is 5.01. The third kappa shape index (κ3) is 2.47. The number of nitriles is 1. The van der Waals surface area contributed by atoms with Gasteiger partial charge in [0.1, 0.15) is 11.5 Å². The van der Waals surface area contributed by atoms with Crippen molar-refractivity contribution in [1.82, 2.24) is 0 Å². The number of hydrogen-bond acceptors (Lipinski definition) is 4. The molecule has 1 rings (SSSR count). The van der Waals surface area contributed by atoms with Crippen LogP contribution in [0, 0.1) is 11.3 Å². The van der Waals surface area contributed by atoms with Gasteiger partial charge in [-0.05, 0) is 12.1 Å². The monoisotopic (exact) mass is 205 g/mol. The number of Topliss-reactive ketones (excluding diaryl/α,β-unsaturated/α-hetero) is 1. The van der Waals surface area contributed by atoms with E-state index in [0.717, 1.165) is 0 Å². The fourth-order valence-electron chi connectivity index (χ4n) is 1.20. The lowest BCUT2D eigenvalue weighted by Gasteiger charge is -2.07. The molecule has 0 spiro atoms. The van der Waals surface area contributed by atoms with Crippen LogP contribution in [0.4, 0.5) is 0 Å². The lowest BCUT2D eigenvalue weighted by atomic mass is 10.1. The van der Waals surface area contributed by atoms with Gasteiger partial charge >= 0.3 is 0 Å². The summed E-state index contributed by atoms with van der Waals surface area (Å²) in [7, 11) is 3.00. The van der Waals surface area contributed by atoms with Crippen LogP contribution in [0.25, 0.3) is 0 Å². The largest absolute Gasteiger partial charge is 0.497 e. The number of benzene rings is 1. The Morgan fingerprint density at radius 2 is 2.13 bits per heavy atom. The van der Waals surface area contributed by atoms with Gasteiger partial charge in [-0.25, -0.2) is 0 Å². The van der Waals surface area contributed by atoms with Crippen LogP contribution in [0.5, 0.6) is 11.5 Å². The lowest BCUT2D eigenvalue weighted by molar-refractivity contribution is 0.0995. The first-order valence-electron chi connectivity index (χ1n) is 4.35. The van der Waals surface area contributed by atoms with Crippen LogP contribution in [-0.4, -0.2) is 20.0 Å². The fraction of sp³-hybridized carbons (Fsp3) is 0.273. The number of carbonyl (C=O) groups excluding carboxylic acids is 1. The fourth-order valence-corrected chi connectivity index (χ4v) is 1.20. The Labute approximate surface area is 88.0 Å². The Morgan fingerprint density at radius 1 is 1.40 bits per heavy atom. The highest BCUT2D eigenvalue weighted by Crippen LogP contribution is 2.25. The van der Waals surface area contributed by atoms with Crippen molar-refractivity contribution < 1.29 is 14.3 Å². The van der Waals surface area contributed by atoms with Crippen molar-refractivity contribution in [2.75, 3.05) is 14.2 Å². The summed E-state index contributed by atoms with van der Waals surface area (Å²) in [5.74, 6) is 0.784. The second-order valence-corrected chi connectivity index (χ2v) is 2.82. The highest BCUT2D eigenvalue weighted by molar-refractivity contribution is 6.00. The van der Waals surface area contributed by atoms with Crippen LogP contribution in [0.2, 0.25) is 0 Å². The molecule has 1 aromatic rings. The zero-order chi connectivity index (χ0) is 11.3. The lowest BCUT2D eigenvalue weighted by Crippen LogP contribution is -2.01. The Bertz CT molecular complexity index is 407. The predicted molar refractivity (Wildman–Crippen MR) is 54.1 cm³/mol. The zero-order valence-corrected chi connectivity index (χ0v) is 8.61. The summed E-state index contributed by atoms with van der Waals surface area (Å²) in [6.45, 7) is 0. The number of ketones is 1. The quantitative estimate of drug-likeness (QED) is 0.703. The zero-order valence-electron chi connectivity index (χ0n) is 8.61. The van der Waals surface area contributed by atoms with Crippen molar-refractivity contribution in [3.63, 3.8) is 0 Å². The number of nitrogens with zero attached hydrogens (tertiary/aromatic N) is 1. The molecule has 4 nitrogen and oxygen atoms in total. The Kier molecular flexibility index (Phi) is 3.69. The third-order valence-corrected chi connectivity index (χ3v) is 1.95. The van der Waals surface area contributed by atoms with Crippen LogP contribution < -0.4 is 9.47 Å². The summed E-state index contributed by atoms with van der Waals surface area (Å²) >= 11 is 0. The average Bonchev–Trinajstić information content (AvgIpc) is 2.28. The molecule has 0 saturated heterocycles. The van der Waals surface area contributed by atoms with Crippen LogP contribution in [0.1, 0.15) is 16.8 Å². The van der Waals surface area contributed by atoms with Crippen molar-refractivity contribution in [3.8, 4) is 17.6 Å². The Morgan fingerprint density at radius 3 is 2.67 bits per heavy atom. The van der Waals surface area contributed by atoms with Crippen LogP contribution >= 0.6 is 0 Å². The first-order chi connectivity index (χ1) is 7.22. The molecule has 0 aromatic heterocycles. The van der Waals surface area contributed by atoms with Gasteiger partial charge in [0.05, 0.1) is 32.3 Å². The number of methoxy groups -OCH3 is 2. The molecule has 0 N–H and O–H groups in total. The molecule has 0 aliphatic carbocycles. The summed E-state index contributed by atoms with van der Waals surface area (Å²) in [5, 5.41) is 8.43. The highest BCUT2D eigenvalue weighted by Gasteiger charge is 2.12. The van der Waals surface area contributed by atoms with E-state index in [-0.39, 0.29) is 12.2 Å². The summed E-state index contributed by atoms with van der Waals surface area (Å²) in [6, 6.07) is 6.68. The molecule has 0 heterocycles. The molecule has 0 atom stereocenters. The van der Waals surface area contributed by atoms with E-state index < -0.39 is 0 Å². The highest BCUT2D eigenvalue weighted by atomic mass is 16.5. The van der Waals surface area contributed by atoms with E-state index in [1.807, 2.05) is 6.07 Å². The molecule has 0 bridgehead atoms. The molecule has 0 aliphatic rings. The van der Waals surface area contributed by atoms with Gasteiger partial charge in [-0.3, -0.25) is 4.79 Å². The van der Waals surface area contributed by atoms with E-state index in [1.165, 1.54) is 14.2 Å². The molecule has 4 heteroatoms. The maximum absolute atomic E-state index is 11.5. The third-order valence-electron chi connectivity index (χ3n) is 1.95. The van der Waals surface area contributed by atoms with Gasteiger partial charge in [0.2, 0.25) is 0 Å². The average molecular weight is 205 g/mol. The summed E-state index contributed by atoms with van der Waals surface area (Å²) in [5.41, 5.74) is 0.403. The smallest absolute Gasteiger partial charge is 0.180 e. The van der Waals surface area contributed by atoms with E-state index in [0.29, 0.717) is 17.1 Å². The van der Waals surface area contributed by atoms with E-state index in [4.69, 9.17) is 14.7 Å². The molecule has 0 fully saturated rings. The summed E-state index contributed by atoms with van der Waals surface area (Å²) < 4.78 is 10.0. The van der Waals surface area contributed by atoms with Gasteiger partial charge in [-0.15, -0.1) is 0 Å². The van der Waals surface area contributed by atoms with Crippen molar-refractivity contribution >= 4 is 5.78 Å². The van der Waals surface area contributed by atoms with Gasteiger partial charge in [-0.1, -0.05) is 0 Å². The molecule has 0 unspecified atom stereocenters. The van der Waals surface area contributed by atoms with Gasteiger partial charge in [0.25, 0.3) is 0 Å². The minimum Gasteiger partial charge on any atom is -0.497 e. The van der Waals surface area contributed by atoms with Gasteiger partial charge in [0, 0.05) is 6.07 Å². The minimum absolute atomic E-state index is 0.150. The number of ether oxygens (including phenoxy) is 2. The molecule has 78 valence electrons. The molecule has 0 saturated carbocycles. The van der Waals surface area contributed by atoms with Crippen LogP contribution in [0.15, 0.2) is 18.2 Å². The molecular weight excluding hydrogens is 194 g/mol. The molecule has 15 heavy (non-hydrogen) atoms. The first-order valence-corrected chi connectivity index (χ1v) is 4.35.